The van der Waals surface area contributed by atoms with E-state index in [1.54, 1.807) is 7.05 Å². The predicted octanol–water partition coefficient (Wildman–Crippen LogP) is 3.70. The summed E-state index contributed by atoms with van der Waals surface area (Å²) in [6.07, 6.45) is 2.27. The highest BCUT2D eigenvalue weighted by molar-refractivity contribution is 5.84. The van der Waals surface area contributed by atoms with E-state index in [0.717, 1.165) is 30.3 Å². The smallest absolute Gasteiger partial charge is 0.338 e. The fourth-order valence-corrected chi connectivity index (χ4v) is 4.54. The minimum Gasteiger partial charge on any atom is -0.338 e. The molecule has 1 amide bonds. The van der Waals surface area contributed by atoms with E-state index in [4.69, 9.17) is 0 Å². The van der Waals surface area contributed by atoms with Crippen molar-refractivity contribution in [3.05, 3.63) is 53.6 Å². The summed E-state index contributed by atoms with van der Waals surface area (Å²) < 4.78 is 39.1. The van der Waals surface area contributed by atoms with Crippen LogP contribution in [0.5, 0.6) is 0 Å². The molecule has 1 aromatic heterocycles. The van der Waals surface area contributed by atoms with E-state index < -0.39 is 12.7 Å². The van der Waals surface area contributed by atoms with Gasteiger partial charge in [-0.15, -0.1) is 0 Å². The van der Waals surface area contributed by atoms with Gasteiger partial charge >= 0.3 is 6.18 Å². The van der Waals surface area contributed by atoms with Gasteiger partial charge in [0.1, 0.15) is 12.4 Å². The van der Waals surface area contributed by atoms with E-state index >= 15 is 0 Å². The van der Waals surface area contributed by atoms with Gasteiger partial charge in [-0.3, -0.25) is 4.79 Å². The van der Waals surface area contributed by atoms with Crippen LogP contribution < -0.4 is 0 Å². The number of halogens is 3. The monoisotopic (exact) mass is 377 g/mol. The van der Waals surface area contributed by atoms with Gasteiger partial charge in [-0.2, -0.15) is 13.2 Å². The summed E-state index contributed by atoms with van der Waals surface area (Å²) in [6.45, 7) is -1.01. The van der Waals surface area contributed by atoms with Crippen molar-refractivity contribution < 1.29 is 18.0 Å². The number of carbonyl (C=O) groups excluding carboxylic acids is 1. The number of hydrogen-bond acceptors (Lipinski definition) is 2. The number of hydrogen-bond donors (Lipinski definition) is 0. The Morgan fingerprint density at radius 3 is 2.93 bits per heavy atom. The van der Waals surface area contributed by atoms with Gasteiger partial charge < -0.3 is 9.47 Å². The molecule has 1 saturated carbocycles. The van der Waals surface area contributed by atoms with Crippen molar-refractivity contribution >= 4 is 5.91 Å². The molecule has 7 heteroatoms. The number of imidazole rings is 1. The van der Waals surface area contributed by atoms with Crippen molar-refractivity contribution in [2.45, 2.75) is 50.4 Å². The van der Waals surface area contributed by atoms with Gasteiger partial charge in [0.25, 0.3) is 0 Å². The number of nitrogens with zero attached hydrogens (tertiary/aromatic N) is 3. The number of alkyl halides is 3. The summed E-state index contributed by atoms with van der Waals surface area (Å²) in [5.74, 6) is 0.158. The zero-order chi connectivity index (χ0) is 19.2. The van der Waals surface area contributed by atoms with E-state index in [2.05, 4.69) is 17.1 Å². The average Bonchev–Trinajstić information content (AvgIpc) is 3.17. The maximum atomic E-state index is 13.0. The van der Waals surface area contributed by atoms with Crippen LogP contribution in [0, 0.1) is 5.92 Å². The molecule has 2 aliphatic rings. The van der Waals surface area contributed by atoms with Crippen LogP contribution in [0.4, 0.5) is 13.2 Å². The third-order valence-corrected chi connectivity index (χ3v) is 5.90. The summed E-state index contributed by atoms with van der Waals surface area (Å²) in [5.41, 5.74) is 2.52. The maximum absolute atomic E-state index is 13.0. The summed E-state index contributed by atoms with van der Waals surface area (Å²) in [6, 6.07) is 8.30. The van der Waals surface area contributed by atoms with Crippen LogP contribution in [-0.2, 0) is 29.7 Å². The summed E-state index contributed by atoms with van der Waals surface area (Å²) >= 11 is 0. The highest BCUT2D eigenvalue weighted by atomic mass is 19.4. The largest absolute Gasteiger partial charge is 0.406 e. The van der Waals surface area contributed by atoms with Gasteiger partial charge in [0.15, 0.2) is 0 Å². The third kappa shape index (κ3) is 3.35. The first-order chi connectivity index (χ1) is 12.8. The molecular formula is C20H22F3N3O. The molecule has 1 spiro atoms. The Labute approximate surface area is 156 Å². The van der Waals surface area contributed by atoms with Gasteiger partial charge in [0.05, 0.1) is 6.54 Å². The quantitative estimate of drug-likeness (QED) is 0.815. The minimum absolute atomic E-state index is 0.00624. The molecule has 0 saturated heterocycles. The SMILES string of the molecule is CN(Cc1nccn1CC(F)(F)F)C(=O)[C@@H]1C[C@]12CCCc1ccccc12. The second-order valence-electron chi connectivity index (χ2n) is 7.70. The van der Waals surface area contributed by atoms with Gasteiger partial charge in [-0.1, -0.05) is 24.3 Å². The molecule has 1 aromatic carbocycles. The molecule has 2 atom stereocenters. The Kier molecular flexibility index (Phi) is 4.28. The zero-order valence-corrected chi connectivity index (χ0v) is 15.2. The van der Waals surface area contributed by atoms with E-state index in [-0.39, 0.29) is 29.6 Å². The van der Waals surface area contributed by atoms with Crippen molar-refractivity contribution in [2.75, 3.05) is 7.05 Å². The van der Waals surface area contributed by atoms with Crippen molar-refractivity contribution in [1.82, 2.24) is 14.5 Å². The number of rotatable bonds is 4. The highest BCUT2D eigenvalue weighted by Gasteiger charge is 2.60. The molecule has 4 rings (SSSR count). The molecule has 0 radical (unpaired) electrons. The number of aromatic nitrogens is 2. The molecule has 1 heterocycles. The van der Waals surface area contributed by atoms with Crippen LogP contribution in [0.25, 0.3) is 0 Å². The van der Waals surface area contributed by atoms with Gasteiger partial charge in [-0.25, -0.2) is 4.98 Å². The van der Waals surface area contributed by atoms with Crippen LogP contribution in [0.15, 0.2) is 36.7 Å². The lowest BCUT2D eigenvalue weighted by Crippen LogP contribution is -2.33. The number of aryl methyl sites for hydroxylation is 1. The van der Waals surface area contributed by atoms with E-state index in [1.807, 2.05) is 12.1 Å². The zero-order valence-electron chi connectivity index (χ0n) is 15.2. The predicted molar refractivity (Wildman–Crippen MR) is 93.9 cm³/mol. The summed E-state index contributed by atoms with van der Waals surface area (Å²) in [5, 5.41) is 0. The van der Waals surface area contributed by atoms with Crippen molar-refractivity contribution in [3.8, 4) is 0 Å². The second kappa shape index (κ2) is 6.39. The fraction of sp³-hybridized carbons (Fsp3) is 0.500. The standard InChI is InChI=1S/C20H22F3N3O/c1-25(12-17-24-9-10-26(17)13-20(21,22)23)18(27)16-11-19(16)8-4-6-14-5-2-3-7-15(14)19/h2-3,5,7,9-10,16H,4,6,8,11-13H2,1H3/t16-,19-/m0/s1. The van der Waals surface area contributed by atoms with E-state index in [1.165, 1.54) is 28.4 Å². The van der Waals surface area contributed by atoms with Crippen molar-refractivity contribution in [1.29, 1.82) is 0 Å². The average molecular weight is 377 g/mol. The Morgan fingerprint density at radius 1 is 1.37 bits per heavy atom. The van der Waals surface area contributed by atoms with Crippen molar-refractivity contribution in [3.63, 3.8) is 0 Å². The molecule has 4 nitrogen and oxygen atoms in total. The summed E-state index contributed by atoms with van der Waals surface area (Å²) in [7, 11) is 1.65. The highest BCUT2D eigenvalue weighted by Crippen LogP contribution is 2.60. The molecule has 1 fully saturated rings. The van der Waals surface area contributed by atoms with Crippen LogP contribution in [0.1, 0.15) is 36.2 Å². The Morgan fingerprint density at radius 2 is 2.15 bits per heavy atom. The molecular weight excluding hydrogens is 355 g/mol. The number of benzene rings is 1. The minimum atomic E-state index is -4.32. The Hall–Kier alpha value is -2.31. The molecule has 2 aliphatic carbocycles. The lowest BCUT2D eigenvalue weighted by molar-refractivity contribution is -0.141. The third-order valence-electron chi connectivity index (χ3n) is 5.90. The van der Waals surface area contributed by atoms with Crippen molar-refractivity contribution in [2.24, 2.45) is 5.92 Å². The molecule has 2 aromatic rings. The Bertz CT molecular complexity index is 860. The normalized spacial score (nSPS) is 23.9. The number of amides is 1. The first kappa shape index (κ1) is 18.1. The van der Waals surface area contributed by atoms with E-state index in [9.17, 15) is 18.0 Å². The number of fused-ring (bicyclic) bond motifs is 2. The molecule has 0 aliphatic heterocycles. The lowest BCUT2D eigenvalue weighted by atomic mass is 9.78. The second-order valence-corrected chi connectivity index (χ2v) is 7.70. The van der Waals surface area contributed by atoms with Gasteiger partial charge in [-0.05, 0) is 36.8 Å². The summed E-state index contributed by atoms with van der Waals surface area (Å²) in [4.78, 5) is 18.5. The van der Waals surface area contributed by atoms with Crippen LogP contribution >= 0.6 is 0 Å². The molecule has 0 unspecified atom stereocenters. The first-order valence-electron chi connectivity index (χ1n) is 9.20. The van der Waals surface area contributed by atoms with Crippen LogP contribution in [0.2, 0.25) is 0 Å². The number of carbonyl (C=O) groups is 1. The van der Waals surface area contributed by atoms with Crippen LogP contribution in [-0.4, -0.2) is 33.6 Å². The molecule has 144 valence electrons. The van der Waals surface area contributed by atoms with Gasteiger partial charge in [0, 0.05) is 30.8 Å². The molecule has 0 N–H and O–H groups in total. The van der Waals surface area contributed by atoms with Gasteiger partial charge in [0.2, 0.25) is 5.91 Å². The van der Waals surface area contributed by atoms with E-state index in [0.29, 0.717) is 0 Å². The lowest BCUT2D eigenvalue weighted by Gasteiger charge is -2.27. The Balaban J connectivity index is 1.47. The fourth-order valence-electron chi connectivity index (χ4n) is 4.54. The molecule has 27 heavy (non-hydrogen) atoms. The molecule has 0 bridgehead atoms. The maximum Gasteiger partial charge on any atom is 0.406 e. The topological polar surface area (TPSA) is 38.1 Å². The first-order valence-corrected chi connectivity index (χ1v) is 9.20. The van der Waals surface area contributed by atoms with Crippen LogP contribution in [0.3, 0.4) is 0 Å².